The van der Waals surface area contributed by atoms with Crippen molar-refractivity contribution in [1.29, 1.82) is 0 Å². The molecule has 1 aromatic heterocycles. The van der Waals surface area contributed by atoms with Crippen LogP contribution in [0, 0.1) is 0 Å². The van der Waals surface area contributed by atoms with Crippen LogP contribution in [-0.4, -0.2) is 17.0 Å². The molecule has 0 fully saturated rings. The van der Waals surface area contributed by atoms with Crippen molar-refractivity contribution in [3.63, 3.8) is 0 Å². The molecule has 0 spiro atoms. The Kier molecular flexibility index (Phi) is 5.50. The fourth-order valence-corrected chi connectivity index (χ4v) is 3.12. The molecule has 8 heteroatoms. The number of benzene rings is 2. The van der Waals surface area contributed by atoms with E-state index in [0.29, 0.717) is 22.0 Å². The van der Waals surface area contributed by atoms with Crippen LogP contribution in [-0.2, 0) is 11.3 Å². The molecule has 26 heavy (non-hydrogen) atoms. The molecule has 1 heterocycles. The Hall–Kier alpha value is -2.90. The molecule has 0 saturated carbocycles. The fourth-order valence-electron chi connectivity index (χ4n) is 2.19. The summed E-state index contributed by atoms with van der Waals surface area (Å²) in [7, 11) is 0. The molecule has 3 aromatic rings. The van der Waals surface area contributed by atoms with Gasteiger partial charge in [-0.3, -0.25) is 0 Å². The van der Waals surface area contributed by atoms with E-state index in [9.17, 15) is 9.59 Å². The van der Waals surface area contributed by atoms with Gasteiger partial charge in [-0.2, -0.15) is 0 Å². The summed E-state index contributed by atoms with van der Waals surface area (Å²) in [6.07, 6.45) is 0. The molecule has 0 radical (unpaired) electrons. The molecule has 0 bridgehead atoms. The summed E-state index contributed by atoms with van der Waals surface area (Å²) >= 11 is 7.34. The predicted octanol–water partition coefficient (Wildman–Crippen LogP) is 4.31. The Morgan fingerprint density at radius 1 is 1.19 bits per heavy atom. The first-order valence-electron chi connectivity index (χ1n) is 7.55. The summed E-state index contributed by atoms with van der Waals surface area (Å²) in [5.41, 5.74) is 7.39. The maximum Gasteiger partial charge on any atom is 0.338 e. The number of amides is 2. The number of nitrogens with zero attached hydrogens (tertiary/aromatic N) is 1. The molecule has 3 rings (SSSR count). The average molecular weight is 388 g/mol. The van der Waals surface area contributed by atoms with Crippen LogP contribution in [0.4, 0.5) is 10.5 Å². The minimum absolute atomic E-state index is 0.0520. The number of anilines is 1. The van der Waals surface area contributed by atoms with E-state index in [2.05, 4.69) is 10.3 Å². The number of primary amides is 1. The van der Waals surface area contributed by atoms with Gasteiger partial charge in [0.05, 0.1) is 11.3 Å². The number of carbonyl (C=O) groups is 2. The first kappa shape index (κ1) is 17.9. The van der Waals surface area contributed by atoms with Crippen LogP contribution in [0.2, 0.25) is 5.02 Å². The normalized spacial score (nSPS) is 10.3. The first-order chi connectivity index (χ1) is 12.5. The van der Waals surface area contributed by atoms with Gasteiger partial charge in [0.15, 0.2) is 0 Å². The summed E-state index contributed by atoms with van der Waals surface area (Å²) < 4.78 is 5.28. The highest BCUT2D eigenvalue weighted by molar-refractivity contribution is 7.13. The number of hydrogen-bond donors (Lipinski definition) is 2. The molecular formula is C18H14ClN3O3S. The van der Waals surface area contributed by atoms with Crippen LogP contribution < -0.4 is 11.1 Å². The molecule has 0 atom stereocenters. The summed E-state index contributed by atoms with van der Waals surface area (Å²) in [5, 5.41) is 5.73. The van der Waals surface area contributed by atoms with Crippen molar-refractivity contribution >= 4 is 40.6 Å². The number of urea groups is 1. The number of nitrogens with one attached hydrogen (secondary N) is 1. The highest BCUT2D eigenvalue weighted by atomic mass is 35.5. The van der Waals surface area contributed by atoms with E-state index in [1.54, 1.807) is 30.3 Å². The SMILES string of the molecule is NC(=O)Nc1cccc(C(=O)OCc2csc(-c3ccc(Cl)cc3)n2)c1. The quantitative estimate of drug-likeness (QED) is 0.637. The van der Waals surface area contributed by atoms with Gasteiger partial charge >= 0.3 is 12.0 Å². The number of aromatic nitrogens is 1. The molecule has 6 nitrogen and oxygen atoms in total. The molecule has 0 saturated heterocycles. The standard InChI is InChI=1S/C18H14ClN3O3S/c19-13-6-4-11(5-7-13)16-21-15(10-26-16)9-25-17(23)12-2-1-3-14(8-12)22-18(20)24/h1-8,10H,9H2,(H3,20,22,24). The van der Waals surface area contributed by atoms with Crippen LogP contribution in [0.1, 0.15) is 16.1 Å². The Morgan fingerprint density at radius 3 is 2.69 bits per heavy atom. The van der Waals surface area contributed by atoms with Gasteiger partial charge in [0.25, 0.3) is 0 Å². The molecule has 0 aliphatic carbocycles. The number of nitrogens with two attached hydrogens (primary N) is 1. The zero-order valence-electron chi connectivity index (χ0n) is 13.4. The van der Waals surface area contributed by atoms with E-state index in [0.717, 1.165) is 10.6 Å². The lowest BCUT2D eigenvalue weighted by Crippen LogP contribution is -2.19. The summed E-state index contributed by atoms with van der Waals surface area (Å²) in [4.78, 5) is 27.5. The molecule has 3 N–H and O–H groups in total. The Bertz CT molecular complexity index is 941. The third-order valence-electron chi connectivity index (χ3n) is 3.36. The fraction of sp³-hybridized carbons (Fsp3) is 0.0556. The van der Waals surface area contributed by atoms with Crippen molar-refractivity contribution < 1.29 is 14.3 Å². The van der Waals surface area contributed by atoms with Crippen molar-refractivity contribution in [2.75, 3.05) is 5.32 Å². The zero-order valence-corrected chi connectivity index (χ0v) is 15.0. The Labute approximate surface area is 158 Å². The van der Waals surface area contributed by atoms with Gasteiger partial charge in [0.2, 0.25) is 0 Å². The zero-order chi connectivity index (χ0) is 18.5. The molecule has 0 unspecified atom stereocenters. The van der Waals surface area contributed by atoms with Gasteiger partial charge in [-0.05, 0) is 30.3 Å². The van der Waals surface area contributed by atoms with Gasteiger partial charge in [-0.25, -0.2) is 14.6 Å². The lowest BCUT2D eigenvalue weighted by atomic mass is 10.2. The van der Waals surface area contributed by atoms with Gasteiger partial charge in [-0.1, -0.05) is 29.8 Å². The smallest absolute Gasteiger partial charge is 0.338 e. The number of thiazole rings is 1. The molecule has 2 amide bonds. The number of carbonyl (C=O) groups excluding carboxylic acids is 2. The van der Waals surface area contributed by atoms with Crippen molar-refractivity contribution in [2.24, 2.45) is 5.73 Å². The third kappa shape index (κ3) is 4.59. The van der Waals surface area contributed by atoms with Gasteiger partial charge in [0, 0.05) is 21.7 Å². The van der Waals surface area contributed by atoms with E-state index in [4.69, 9.17) is 22.1 Å². The maximum absolute atomic E-state index is 12.2. The van der Waals surface area contributed by atoms with Gasteiger partial charge < -0.3 is 15.8 Å². The van der Waals surface area contributed by atoms with Crippen LogP contribution in [0.5, 0.6) is 0 Å². The van der Waals surface area contributed by atoms with E-state index >= 15 is 0 Å². The second-order valence-electron chi connectivity index (χ2n) is 5.30. The highest BCUT2D eigenvalue weighted by Gasteiger charge is 2.11. The van der Waals surface area contributed by atoms with E-state index < -0.39 is 12.0 Å². The molecule has 2 aromatic carbocycles. The topological polar surface area (TPSA) is 94.3 Å². The number of rotatable bonds is 5. The van der Waals surface area contributed by atoms with Crippen molar-refractivity contribution in [3.05, 3.63) is 70.2 Å². The van der Waals surface area contributed by atoms with Gasteiger partial charge in [-0.15, -0.1) is 11.3 Å². The van der Waals surface area contributed by atoms with Crippen LogP contribution >= 0.6 is 22.9 Å². The monoisotopic (exact) mass is 387 g/mol. The molecule has 0 aliphatic heterocycles. The predicted molar refractivity (Wildman–Crippen MR) is 101 cm³/mol. The summed E-state index contributed by atoms with van der Waals surface area (Å²) in [5.74, 6) is -0.515. The summed E-state index contributed by atoms with van der Waals surface area (Å²) in [6, 6.07) is 13.0. The number of esters is 1. The van der Waals surface area contributed by atoms with Crippen LogP contribution in [0.15, 0.2) is 53.9 Å². The second-order valence-corrected chi connectivity index (χ2v) is 6.59. The highest BCUT2D eigenvalue weighted by Crippen LogP contribution is 2.25. The molecule has 132 valence electrons. The first-order valence-corrected chi connectivity index (χ1v) is 8.81. The third-order valence-corrected chi connectivity index (χ3v) is 4.55. The lowest BCUT2D eigenvalue weighted by molar-refractivity contribution is 0.0468. The molecular weight excluding hydrogens is 374 g/mol. The Balaban J connectivity index is 1.63. The number of hydrogen-bond acceptors (Lipinski definition) is 5. The van der Waals surface area contributed by atoms with Crippen molar-refractivity contribution in [3.8, 4) is 10.6 Å². The Morgan fingerprint density at radius 2 is 1.96 bits per heavy atom. The van der Waals surface area contributed by atoms with E-state index in [1.165, 1.54) is 17.4 Å². The van der Waals surface area contributed by atoms with Crippen LogP contribution in [0.25, 0.3) is 10.6 Å². The largest absolute Gasteiger partial charge is 0.456 e. The van der Waals surface area contributed by atoms with E-state index in [1.807, 2.05) is 17.5 Å². The number of ether oxygens (including phenoxy) is 1. The van der Waals surface area contributed by atoms with Crippen molar-refractivity contribution in [2.45, 2.75) is 6.61 Å². The van der Waals surface area contributed by atoms with Crippen molar-refractivity contribution in [1.82, 2.24) is 4.98 Å². The minimum atomic E-state index is -0.701. The van der Waals surface area contributed by atoms with E-state index in [-0.39, 0.29) is 6.61 Å². The minimum Gasteiger partial charge on any atom is -0.456 e. The summed E-state index contributed by atoms with van der Waals surface area (Å²) in [6.45, 7) is 0.0520. The molecule has 0 aliphatic rings. The van der Waals surface area contributed by atoms with Crippen LogP contribution in [0.3, 0.4) is 0 Å². The van der Waals surface area contributed by atoms with Gasteiger partial charge in [0.1, 0.15) is 11.6 Å². The average Bonchev–Trinajstić information content (AvgIpc) is 3.09. The number of halogens is 1. The lowest BCUT2D eigenvalue weighted by Gasteiger charge is -2.06. The second kappa shape index (κ2) is 7.99. The maximum atomic E-state index is 12.2.